The van der Waals surface area contributed by atoms with Crippen LogP contribution in [-0.4, -0.2) is 41.5 Å². The minimum absolute atomic E-state index is 0.00408. The van der Waals surface area contributed by atoms with Crippen molar-refractivity contribution in [2.45, 2.75) is 39.7 Å². The number of nitrogens with one attached hydrogen (secondary N) is 2. The van der Waals surface area contributed by atoms with Crippen LogP contribution in [0.5, 0.6) is 5.75 Å². The number of ether oxygens (including phenoxy) is 1. The number of oxazole rings is 1. The molecule has 1 aromatic heterocycles. The molecule has 2 aromatic rings. The number of carboxylic acid groups (broad SMARTS) is 1. The molecule has 0 saturated carbocycles. The molecule has 0 unspecified atom stereocenters. The number of hydrogen-bond donors (Lipinski definition) is 3. The molecule has 0 saturated heterocycles. The van der Waals surface area contributed by atoms with Gasteiger partial charge >= 0.3 is 5.97 Å². The van der Waals surface area contributed by atoms with Gasteiger partial charge in [-0.2, -0.15) is 0 Å². The van der Waals surface area contributed by atoms with E-state index in [4.69, 9.17) is 14.3 Å². The van der Waals surface area contributed by atoms with E-state index in [2.05, 4.69) is 15.6 Å². The van der Waals surface area contributed by atoms with Crippen molar-refractivity contribution in [3.63, 3.8) is 0 Å². The summed E-state index contributed by atoms with van der Waals surface area (Å²) in [5, 5.41) is 13.9. The largest absolute Gasteiger partial charge is 0.497 e. The molecule has 162 valence electrons. The van der Waals surface area contributed by atoms with E-state index in [1.54, 1.807) is 26.2 Å². The summed E-state index contributed by atoms with van der Waals surface area (Å²) in [5.74, 6) is -0.603. The molecule has 0 spiro atoms. The molecule has 1 heterocycles. The Labute approximate surface area is 174 Å². The number of carboxylic acids is 1. The van der Waals surface area contributed by atoms with E-state index in [-0.39, 0.29) is 35.6 Å². The van der Waals surface area contributed by atoms with Gasteiger partial charge in [-0.1, -0.05) is 26.0 Å². The van der Waals surface area contributed by atoms with E-state index in [1.807, 2.05) is 26.0 Å². The zero-order valence-corrected chi connectivity index (χ0v) is 17.5. The standard InChI is InChI=1S/C21H27N3O6/c1-12(2)9-16(23-17(25)10-14-5-7-15(29-4)8-6-14)21-24-19(13(3)30-21)20(28)22-11-18(26)27/h5-8,12,16H,9-11H2,1-4H3,(H,22,28)(H,23,25)(H,26,27)/t16-/m0/s1. The van der Waals surface area contributed by atoms with Gasteiger partial charge < -0.3 is 24.9 Å². The summed E-state index contributed by atoms with van der Waals surface area (Å²) in [6, 6.07) is 6.68. The molecule has 0 aliphatic carbocycles. The van der Waals surface area contributed by atoms with E-state index in [9.17, 15) is 14.4 Å². The molecule has 1 aromatic carbocycles. The number of aromatic nitrogens is 1. The summed E-state index contributed by atoms with van der Waals surface area (Å²) >= 11 is 0. The van der Waals surface area contributed by atoms with Gasteiger partial charge in [-0.15, -0.1) is 0 Å². The zero-order valence-electron chi connectivity index (χ0n) is 17.5. The molecule has 0 aliphatic rings. The SMILES string of the molecule is COc1ccc(CC(=O)N[C@@H](CC(C)C)c2nc(C(=O)NCC(=O)O)c(C)o2)cc1. The minimum Gasteiger partial charge on any atom is -0.497 e. The lowest BCUT2D eigenvalue weighted by Crippen LogP contribution is -2.31. The van der Waals surface area contributed by atoms with Crippen molar-refractivity contribution in [2.24, 2.45) is 5.92 Å². The highest BCUT2D eigenvalue weighted by atomic mass is 16.5. The Morgan fingerprint density at radius 2 is 1.87 bits per heavy atom. The first-order valence-corrected chi connectivity index (χ1v) is 9.59. The molecular formula is C21H27N3O6. The lowest BCUT2D eigenvalue weighted by atomic mass is 10.0. The molecule has 1 atom stereocenters. The van der Waals surface area contributed by atoms with E-state index in [0.29, 0.717) is 12.2 Å². The monoisotopic (exact) mass is 417 g/mol. The maximum Gasteiger partial charge on any atom is 0.322 e. The summed E-state index contributed by atoms with van der Waals surface area (Å²) in [6.07, 6.45) is 0.731. The first kappa shape index (κ1) is 22.9. The number of hydrogen-bond acceptors (Lipinski definition) is 6. The lowest BCUT2D eigenvalue weighted by molar-refractivity contribution is -0.135. The fourth-order valence-electron chi connectivity index (χ4n) is 2.88. The van der Waals surface area contributed by atoms with Crippen LogP contribution in [0.1, 0.15) is 54.0 Å². The van der Waals surface area contributed by atoms with Gasteiger partial charge in [0.1, 0.15) is 24.1 Å². The minimum atomic E-state index is -1.16. The van der Waals surface area contributed by atoms with Gasteiger partial charge in [0.2, 0.25) is 11.8 Å². The number of amides is 2. The first-order chi connectivity index (χ1) is 14.2. The highest BCUT2D eigenvalue weighted by Crippen LogP contribution is 2.23. The smallest absolute Gasteiger partial charge is 0.322 e. The van der Waals surface area contributed by atoms with Crippen LogP contribution < -0.4 is 15.4 Å². The Bertz CT molecular complexity index is 889. The molecule has 0 fully saturated rings. The maximum atomic E-state index is 12.6. The van der Waals surface area contributed by atoms with Crippen molar-refractivity contribution in [1.29, 1.82) is 0 Å². The average molecular weight is 417 g/mol. The predicted molar refractivity (Wildman–Crippen MR) is 108 cm³/mol. The molecule has 0 bridgehead atoms. The molecule has 2 rings (SSSR count). The van der Waals surface area contributed by atoms with Crippen LogP contribution in [0.2, 0.25) is 0 Å². The fraction of sp³-hybridized carbons (Fsp3) is 0.429. The van der Waals surface area contributed by atoms with Crippen LogP contribution in [0.4, 0.5) is 0 Å². The van der Waals surface area contributed by atoms with E-state index >= 15 is 0 Å². The van der Waals surface area contributed by atoms with Crippen LogP contribution >= 0.6 is 0 Å². The van der Waals surface area contributed by atoms with Crippen molar-refractivity contribution in [2.75, 3.05) is 13.7 Å². The Balaban J connectivity index is 2.12. The van der Waals surface area contributed by atoms with E-state index in [1.165, 1.54) is 0 Å². The van der Waals surface area contributed by atoms with Crippen LogP contribution in [0, 0.1) is 12.8 Å². The van der Waals surface area contributed by atoms with Gasteiger partial charge in [0.25, 0.3) is 5.91 Å². The highest BCUT2D eigenvalue weighted by Gasteiger charge is 2.25. The second-order valence-electron chi connectivity index (χ2n) is 7.31. The number of aliphatic carboxylic acids is 1. The maximum absolute atomic E-state index is 12.6. The van der Waals surface area contributed by atoms with Gasteiger partial charge in [0.05, 0.1) is 13.5 Å². The highest BCUT2D eigenvalue weighted by molar-refractivity contribution is 5.94. The third-order valence-electron chi connectivity index (χ3n) is 4.29. The van der Waals surface area contributed by atoms with Gasteiger partial charge in [-0.3, -0.25) is 14.4 Å². The first-order valence-electron chi connectivity index (χ1n) is 9.59. The van der Waals surface area contributed by atoms with Gasteiger partial charge in [-0.05, 0) is 37.0 Å². The summed E-state index contributed by atoms with van der Waals surface area (Å²) in [4.78, 5) is 39.6. The van der Waals surface area contributed by atoms with Crippen LogP contribution in [0.15, 0.2) is 28.7 Å². The zero-order chi connectivity index (χ0) is 22.3. The third kappa shape index (κ3) is 6.61. The predicted octanol–water partition coefficient (Wildman–Crippen LogP) is 2.25. The van der Waals surface area contributed by atoms with Crippen LogP contribution in [-0.2, 0) is 16.0 Å². The molecule has 3 N–H and O–H groups in total. The summed E-state index contributed by atoms with van der Waals surface area (Å²) < 4.78 is 10.8. The Kier molecular flexibility index (Phi) is 7.97. The number of aryl methyl sites for hydroxylation is 1. The summed E-state index contributed by atoms with van der Waals surface area (Å²) in [7, 11) is 1.58. The van der Waals surface area contributed by atoms with Crippen molar-refractivity contribution in [3.05, 3.63) is 47.2 Å². The summed E-state index contributed by atoms with van der Waals surface area (Å²) in [6.45, 7) is 5.05. The summed E-state index contributed by atoms with van der Waals surface area (Å²) in [5.41, 5.74) is 0.832. The second kappa shape index (κ2) is 10.4. The fourth-order valence-corrected chi connectivity index (χ4v) is 2.88. The van der Waals surface area contributed by atoms with Crippen molar-refractivity contribution in [1.82, 2.24) is 15.6 Å². The number of carbonyl (C=O) groups is 3. The molecule has 9 heteroatoms. The number of methoxy groups -OCH3 is 1. The van der Waals surface area contributed by atoms with E-state index in [0.717, 1.165) is 5.56 Å². The normalized spacial score (nSPS) is 11.8. The van der Waals surface area contributed by atoms with Crippen LogP contribution in [0.25, 0.3) is 0 Å². The Morgan fingerprint density at radius 3 is 2.43 bits per heavy atom. The topological polar surface area (TPSA) is 131 Å². The van der Waals surface area contributed by atoms with Crippen LogP contribution in [0.3, 0.4) is 0 Å². The number of rotatable bonds is 10. The Morgan fingerprint density at radius 1 is 1.20 bits per heavy atom. The van der Waals surface area contributed by atoms with Gasteiger partial charge in [0.15, 0.2) is 5.69 Å². The molecular weight excluding hydrogens is 390 g/mol. The number of nitrogens with zero attached hydrogens (tertiary/aromatic N) is 1. The quantitative estimate of drug-likeness (QED) is 0.540. The molecule has 0 aliphatic heterocycles. The molecule has 2 amide bonds. The number of carbonyl (C=O) groups excluding carboxylic acids is 2. The molecule has 9 nitrogen and oxygen atoms in total. The van der Waals surface area contributed by atoms with Gasteiger partial charge in [-0.25, -0.2) is 4.98 Å². The lowest BCUT2D eigenvalue weighted by Gasteiger charge is -2.17. The number of benzene rings is 1. The van der Waals surface area contributed by atoms with Crippen molar-refractivity contribution < 1.29 is 28.6 Å². The van der Waals surface area contributed by atoms with Crippen molar-refractivity contribution in [3.8, 4) is 5.75 Å². The molecule has 30 heavy (non-hydrogen) atoms. The average Bonchev–Trinajstić information content (AvgIpc) is 3.07. The van der Waals surface area contributed by atoms with Crippen molar-refractivity contribution >= 4 is 17.8 Å². The van der Waals surface area contributed by atoms with Gasteiger partial charge in [0, 0.05) is 0 Å². The molecule has 0 radical (unpaired) electrons. The van der Waals surface area contributed by atoms with E-state index < -0.39 is 24.5 Å². The Hall–Kier alpha value is -3.36. The third-order valence-corrected chi connectivity index (χ3v) is 4.29. The second-order valence-corrected chi connectivity index (χ2v) is 7.31.